The molecule has 0 saturated heterocycles. The summed E-state index contributed by atoms with van der Waals surface area (Å²) in [5.41, 5.74) is 10.7. The number of hydrogen-bond acceptors (Lipinski definition) is 6. The maximum absolute atomic E-state index is 13.3. The van der Waals surface area contributed by atoms with Gasteiger partial charge in [-0.05, 0) is 26.0 Å². The minimum Gasteiger partial charge on any atom is -0.482 e. The number of benzene rings is 1. The summed E-state index contributed by atoms with van der Waals surface area (Å²) in [5, 5.41) is 13.9. The largest absolute Gasteiger partial charge is 0.482 e. The van der Waals surface area contributed by atoms with E-state index in [1.807, 2.05) is 32.0 Å². The van der Waals surface area contributed by atoms with Crippen molar-refractivity contribution in [3.63, 3.8) is 0 Å². The summed E-state index contributed by atoms with van der Waals surface area (Å²) in [5.74, 6) is 0.498. The summed E-state index contributed by atoms with van der Waals surface area (Å²) >= 11 is 0. The van der Waals surface area contributed by atoms with Gasteiger partial charge >= 0.3 is 0 Å². The minimum absolute atomic E-state index is 0.138. The highest BCUT2D eigenvalue weighted by molar-refractivity contribution is 5.96. The van der Waals surface area contributed by atoms with E-state index in [1.165, 1.54) is 0 Å². The maximum Gasteiger partial charge on any atom is 0.254 e. The number of nitrogens with two attached hydrogens (primary N) is 1. The van der Waals surface area contributed by atoms with Crippen LogP contribution >= 0.6 is 0 Å². The Morgan fingerprint density at radius 1 is 1.30 bits per heavy atom. The molecule has 2 aromatic heterocycles. The molecular weight excluding hydrogens is 380 g/mol. The van der Waals surface area contributed by atoms with Gasteiger partial charge in [0.15, 0.2) is 17.3 Å². The van der Waals surface area contributed by atoms with Crippen LogP contribution in [0.4, 0.5) is 5.82 Å². The van der Waals surface area contributed by atoms with Crippen LogP contribution in [0.1, 0.15) is 45.9 Å². The molecule has 2 N–H and O–H groups in total. The summed E-state index contributed by atoms with van der Waals surface area (Å²) < 4.78 is 7.77. The molecule has 4 rings (SSSR count). The SMILES string of the molecule is Cc1ccc2c(c1)[C@@H](C)Oc1cc(cnc1N)-c1c(C#N)nn(C)c1CN(C)C2=O. The van der Waals surface area contributed by atoms with Gasteiger partial charge < -0.3 is 15.4 Å². The Bertz CT molecular complexity index is 1210. The number of hydrogen-bond donors (Lipinski definition) is 1. The van der Waals surface area contributed by atoms with Crippen LogP contribution in [0.25, 0.3) is 11.1 Å². The van der Waals surface area contributed by atoms with Crippen LogP contribution in [0.5, 0.6) is 5.75 Å². The van der Waals surface area contributed by atoms with Gasteiger partial charge in [-0.25, -0.2) is 4.98 Å². The molecule has 1 aliphatic heterocycles. The Hall–Kier alpha value is -3.86. The van der Waals surface area contributed by atoms with Crippen molar-refractivity contribution in [2.75, 3.05) is 12.8 Å². The summed E-state index contributed by atoms with van der Waals surface area (Å²) in [4.78, 5) is 19.2. The normalized spacial score (nSPS) is 15.9. The number of nitrogen functional groups attached to an aromatic ring is 1. The fourth-order valence-electron chi connectivity index (χ4n) is 3.78. The van der Waals surface area contributed by atoms with Gasteiger partial charge in [-0.3, -0.25) is 9.48 Å². The summed E-state index contributed by atoms with van der Waals surface area (Å²) in [6.45, 7) is 4.13. The van der Waals surface area contributed by atoms with Gasteiger partial charge in [-0.1, -0.05) is 17.7 Å². The van der Waals surface area contributed by atoms with Crippen LogP contribution in [-0.4, -0.2) is 32.6 Å². The lowest BCUT2D eigenvalue weighted by molar-refractivity contribution is 0.0777. The van der Waals surface area contributed by atoms with E-state index < -0.39 is 6.10 Å². The lowest BCUT2D eigenvalue weighted by atomic mass is 9.98. The zero-order chi connectivity index (χ0) is 21.6. The summed E-state index contributed by atoms with van der Waals surface area (Å²) in [6, 6.07) is 9.59. The molecule has 1 aromatic carbocycles. The van der Waals surface area contributed by atoms with E-state index in [1.54, 1.807) is 35.9 Å². The standard InChI is InChI=1S/C22H22N6O2/c1-12-5-6-15-16(7-12)13(2)30-19-8-14(10-25-21(19)24)20-17(9-23)26-28(4)18(20)11-27(3)22(15)29/h5-8,10,13H,11H2,1-4H3,(H2,24,25)/t13-/m1/s1. The number of carbonyl (C=O) groups is 1. The van der Waals surface area contributed by atoms with Crippen molar-refractivity contribution >= 4 is 11.7 Å². The monoisotopic (exact) mass is 402 g/mol. The van der Waals surface area contributed by atoms with Crippen molar-refractivity contribution in [1.29, 1.82) is 5.26 Å². The van der Waals surface area contributed by atoms with E-state index in [4.69, 9.17) is 10.5 Å². The first-order valence-corrected chi connectivity index (χ1v) is 9.54. The second-order valence-corrected chi connectivity index (χ2v) is 7.53. The first kappa shape index (κ1) is 19.5. The second kappa shape index (κ2) is 7.19. The van der Waals surface area contributed by atoms with E-state index >= 15 is 0 Å². The predicted octanol–water partition coefficient (Wildman–Crippen LogP) is 2.97. The van der Waals surface area contributed by atoms with Crippen molar-refractivity contribution in [2.24, 2.45) is 7.05 Å². The number of fused-ring (bicyclic) bond motifs is 5. The smallest absolute Gasteiger partial charge is 0.254 e. The first-order chi connectivity index (χ1) is 14.3. The lowest BCUT2D eigenvalue weighted by Crippen LogP contribution is -2.29. The minimum atomic E-state index is -0.431. The van der Waals surface area contributed by atoms with Crippen molar-refractivity contribution in [3.8, 4) is 22.9 Å². The number of nitrogens with zero attached hydrogens (tertiary/aromatic N) is 5. The number of amides is 1. The molecule has 8 nitrogen and oxygen atoms in total. The van der Waals surface area contributed by atoms with Crippen molar-refractivity contribution < 1.29 is 9.53 Å². The highest BCUT2D eigenvalue weighted by Gasteiger charge is 2.26. The molecule has 0 spiro atoms. The maximum atomic E-state index is 13.3. The fraction of sp³-hybridized carbons (Fsp3) is 0.273. The van der Waals surface area contributed by atoms with E-state index in [0.29, 0.717) is 22.4 Å². The molecule has 0 radical (unpaired) electrons. The molecular formula is C22H22N6O2. The Labute approximate surface area is 174 Å². The van der Waals surface area contributed by atoms with Crippen molar-refractivity contribution in [3.05, 3.63) is 58.5 Å². The summed E-state index contributed by atoms with van der Waals surface area (Å²) in [6.07, 6.45) is 1.17. The molecule has 3 aromatic rings. The number of ether oxygens (including phenoxy) is 1. The number of anilines is 1. The molecule has 0 saturated carbocycles. The molecule has 0 unspecified atom stereocenters. The van der Waals surface area contributed by atoms with Crippen LogP contribution in [0.15, 0.2) is 30.5 Å². The van der Waals surface area contributed by atoms with Crippen molar-refractivity contribution in [1.82, 2.24) is 19.7 Å². The van der Waals surface area contributed by atoms with E-state index in [-0.39, 0.29) is 24.0 Å². The van der Waals surface area contributed by atoms with Crippen LogP contribution in [0, 0.1) is 18.3 Å². The lowest BCUT2D eigenvalue weighted by Gasteiger charge is -2.24. The second-order valence-electron chi connectivity index (χ2n) is 7.53. The van der Waals surface area contributed by atoms with Gasteiger partial charge in [0.25, 0.3) is 5.91 Å². The third-order valence-corrected chi connectivity index (χ3v) is 5.36. The Morgan fingerprint density at radius 2 is 2.07 bits per heavy atom. The van der Waals surface area contributed by atoms with Gasteiger partial charge in [0.1, 0.15) is 12.2 Å². The highest BCUT2D eigenvalue weighted by atomic mass is 16.5. The van der Waals surface area contributed by atoms with Crippen molar-refractivity contribution in [2.45, 2.75) is 26.5 Å². The van der Waals surface area contributed by atoms with Gasteiger partial charge in [-0.15, -0.1) is 0 Å². The van der Waals surface area contributed by atoms with E-state index in [9.17, 15) is 10.1 Å². The van der Waals surface area contributed by atoms with Gasteiger partial charge in [0.2, 0.25) is 0 Å². The predicted molar refractivity (Wildman–Crippen MR) is 112 cm³/mol. The number of rotatable bonds is 0. The molecule has 30 heavy (non-hydrogen) atoms. The van der Waals surface area contributed by atoms with Gasteiger partial charge in [-0.2, -0.15) is 10.4 Å². The van der Waals surface area contributed by atoms with Crippen LogP contribution in [0.3, 0.4) is 0 Å². The van der Waals surface area contributed by atoms with Crippen LogP contribution < -0.4 is 10.5 Å². The van der Waals surface area contributed by atoms with E-state index in [0.717, 1.165) is 16.8 Å². The molecule has 1 amide bonds. The van der Waals surface area contributed by atoms with Crippen LogP contribution in [0.2, 0.25) is 0 Å². The molecule has 3 heterocycles. The quantitative estimate of drug-likeness (QED) is 0.619. The third kappa shape index (κ3) is 3.14. The third-order valence-electron chi connectivity index (χ3n) is 5.36. The zero-order valence-electron chi connectivity index (χ0n) is 17.3. The number of carbonyl (C=O) groups excluding carboxylic acids is 1. The Balaban J connectivity index is 1.99. The number of nitriles is 1. The Morgan fingerprint density at radius 3 is 2.80 bits per heavy atom. The highest BCUT2D eigenvalue weighted by Crippen LogP contribution is 2.35. The zero-order valence-corrected chi connectivity index (χ0v) is 17.3. The number of aromatic nitrogens is 3. The molecule has 152 valence electrons. The van der Waals surface area contributed by atoms with Gasteiger partial charge in [0.05, 0.1) is 12.2 Å². The average molecular weight is 402 g/mol. The first-order valence-electron chi connectivity index (χ1n) is 9.54. The van der Waals surface area contributed by atoms with E-state index in [2.05, 4.69) is 16.2 Å². The molecule has 1 atom stereocenters. The molecule has 1 aliphatic rings. The Kier molecular flexibility index (Phi) is 4.66. The topological polar surface area (TPSA) is 110 Å². The molecule has 0 aliphatic carbocycles. The molecule has 2 bridgehead atoms. The number of aryl methyl sites for hydroxylation is 2. The van der Waals surface area contributed by atoms with Gasteiger partial charge in [0, 0.05) is 42.5 Å². The summed E-state index contributed by atoms with van der Waals surface area (Å²) in [7, 11) is 3.49. The van der Waals surface area contributed by atoms with Crippen LogP contribution in [-0.2, 0) is 13.6 Å². The average Bonchev–Trinajstić information content (AvgIpc) is 3.03. The molecule has 0 fully saturated rings. The fourth-order valence-corrected chi connectivity index (χ4v) is 3.78. The molecule has 8 heteroatoms. The number of pyridine rings is 1.